The molecule has 0 amide bonds. The van der Waals surface area contributed by atoms with Crippen molar-refractivity contribution in [3.63, 3.8) is 0 Å². The van der Waals surface area contributed by atoms with Crippen LogP contribution >= 0.6 is 0 Å². The quantitative estimate of drug-likeness (QED) is 0.0625. The summed E-state index contributed by atoms with van der Waals surface area (Å²) in [5, 5.41) is 50.7. The van der Waals surface area contributed by atoms with Crippen molar-refractivity contribution < 1.29 is 40.2 Å². The zero-order valence-electron chi connectivity index (χ0n) is 24.4. The lowest BCUT2D eigenvalue weighted by Gasteiger charge is -2.23. The maximum atomic E-state index is 10.3. The van der Waals surface area contributed by atoms with Crippen molar-refractivity contribution in [2.75, 3.05) is 26.4 Å². The maximum Gasteiger partial charge on any atom is 0.303 e. The maximum absolute atomic E-state index is 10.3. The molecule has 0 unspecified atom stereocenters. The monoisotopic (exact) mass is 548 g/mol. The molecule has 0 saturated heterocycles. The van der Waals surface area contributed by atoms with Crippen LogP contribution in [0.3, 0.4) is 0 Å². The summed E-state index contributed by atoms with van der Waals surface area (Å²) in [7, 11) is 0. The number of aliphatic hydroxyl groups is 4. The third-order valence-corrected chi connectivity index (χ3v) is 6.24. The van der Waals surface area contributed by atoms with Crippen LogP contribution in [0, 0.1) is 5.41 Å². The first-order valence-corrected chi connectivity index (χ1v) is 14.8. The van der Waals surface area contributed by atoms with Gasteiger partial charge in [0, 0.05) is 12.8 Å². The molecule has 228 valence electrons. The molecule has 8 nitrogen and oxygen atoms in total. The highest BCUT2D eigenvalue weighted by molar-refractivity contribution is 5.66. The second kappa shape index (κ2) is 33.5. The van der Waals surface area contributed by atoms with Crippen molar-refractivity contribution in [2.45, 2.75) is 136 Å². The van der Waals surface area contributed by atoms with E-state index in [0.717, 1.165) is 32.1 Å². The third-order valence-electron chi connectivity index (χ3n) is 6.24. The van der Waals surface area contributed by atoms with Gasteiger partial charge in [-0.1, -0.05) is 96.6 Å². The van der Waals surface area contributed by atoms with Gasteiger partial charge in [0.2, 0.25) is 0 Å². The minimum Gasteiger partial charge on any atom is -0.481 e. The number of hydrogen-bond donors (Lipinski definition) is 6. The molecule has 0 aliphatic carbocycles. The number of allylic oxidation sites excluding steroid dienone is 2. The Morgan fingerprint density at radius 3 is 1.08 bits per heavy atom. The minimum atomic E-state index is -1.11. The molecular formula is C30H60O8. The van der Waals surface area contributed by atoms with E-state index in [1.54, 1.807) is 0 Å². The van der Waals surface area contributed by atoms with Crippen molar-refractivity contribution in [2.24, 2.45) is 5.41 Å². The first-order chi connectivity index (χ1) is 18.3. The second-order valence-electron chi connectivity index (χ2n) is 10.1. The standard InChI is InChI=1S/C18H34O2.C7H14O2.C5H12O4/c1-2-3-4-5-6-7-8-9-10-11-12-13-14-15-16-17-18(19)20;1-2-3-4-5-6-7(8)9;6-1-5(2-7,3-8)4-9/h9-10H,2-8,11-17H2,1H3,(H,19,20);2-6H2,1H3,(H,8,9);6-9H,1-4H2/b10-9-;;. The SMILES string of the molecule is CCCCCCC(=O)O.CCCCCCCC/C=C\CCCCCCCC(=O)O.OCC(CO)(CO)CO. The zero-order valence-corrected chi connectivity index (χ0v) is 24.4. The van der Waals surface area contributed by atoms with Crippen LogP contribution in [0.1, 0.15) is 136 Å². The molecule has 0 aliphatic heterocycles. The van der Waals surface area contributed by atoms with Gasteiger partial charge in [-0.3, -0.25) is 9.59 Å². The van der Waals surface area contributed by atoms with Crippen molar-refractivity contribution in [1.82, 2.24) is 0 Å². The van der Waals surface area contributed by atoms with Gasteiger partial charge in [0.1, 0.15) is 0 Å². The summed E-state index contributed by atoms with van der Waals surface area (Å²) >= 11 is 0. The summed E-state index contributed by atoms with van der Waals surface area (Å²) in [6.45, 7) is 2.75. The molecule has 0 fully saturated rings. The van der Waals surface area contributed by atoms with E-state index >= 15 is 0 Å². The topological polar surface area (TPSA) is 156 Å². The van der Waals surface area contributed by atoms with Gasteiger partial charge in [-0.05, 0) is 38.5 Å². The Hall–Kier alpha value is -1.48. The third kappa shape index (κ3) is 34.5. The van der Waals surface area contributed by atoms with E-state index in [2.05, 4.69) is 26.0 Å². The van der Waals surface area contributed by atoms with E-state index in [4.69, 9.17) is 30.6 Å². The molecule has 0 atom stereocenters. The Balaban J connectivity index is -0.000000563. The Bertz CT molecular complexity index is 501. The number of aliphatic carboxylic acids is 2. The summed E-state index contributed by atoms with van der Waals surface area (Å²) in [4.78, 5) is 20.3. The van der Waals surface area contributed by atoms with E-state index in [9.17, 15) is 9.59 Å². The number of carbonyl (C=O) groups is 2. The number of unbranched alkanes of at least 4 members (excludes halogenated alkanes) is 14. The predicted octanol–water partition coefficient (Wildman–Crippen LogP) is 6.09. The van der Waals surface area contributed by atoms with Gasteiger partial charge in [-0.15, -0.1) is 0 Å². The van der Waals surface area contributed by atoms with Crippen molar-refractivity contribution in [3.8, 4) is 0 Å². The highest BCUT2D eigenvalue weighted by atomic mass is 16.4. The zero-order chi connectivity index (χ0) is 29.3. The Labute approximate surface area is 232 Å². The fourth-order valence-corrected chi connectivity index (χ4v) is 3.35. The molecule has 6 N–H and O–H groups in total. The summed E-state index contributed by atoms with van der Waals surface area (Å²) in [6.07, 6.45) is 25.8. The number of rotatable bonds is 24. The number of carboxylic acid groups (broad SMARTS) is 2. The Morgan fingerprint density at radius 2 is 0.789 bits per heavy atom. The van der Waals surface area contributed by atoms with E-state index < -0.39 is 43.8 Å². The van der Waals surface area contributed by atoms with Crippen molar-refractivity contribution in [1.29, 1.82) is 0 Å². The van der Waals surface area contributed by atoms with Crippen LogP contribution < -0.4 is 0 Å². The fourth-order valence-electron chi connectivity index (χ4n) is 3.35. The van der Waals surface area contributed by atoms with Gasteiger partial charge in [0.05, 0.1) is 31.8 Å². The average molecular weight is 549 g/mol. The second-order valence-corrected chi connectivity index (χ2v) is 10.1. The molecule has 0 aromatic rings. The largest absolute Gasteiger partial charge is 0.481 e. The summed E-state index contributed by atoms with van der Waals surface area (Å²) in [5.74, 6) is -1.34. The van der Waals surface area contributed by atoms with Crippen molar-refractivity contribution >= 4 is 11.9 Å². The van der Waals surface area contributed by atoms with Crippen LogP contribution in [0.4, 0.5) is 0 Å². The Kier molecular flexibility index (Phi) is 36.2. The minimum absolute atomic E-state index is 0.332. The molecule has 0 heterocycles. The van der Waals surface area contributed by atoms with E-state index in [1.165, 1.54) is 77.0 Å². The van der Waals surface area contributed by atoms with Crippen LogP contribution in [-0.2, 0) is 9.59 Å². The molecular weight excluding hydrogens is 488 g/mol. The lowest BCUT2D eigenvalue weighted by Crippen LogP contribution is -2.37. The van der Waals surface area contributed by atoms with Crippen molar-refractivity contribution in [3.05, 3.63) is 12.2 Å². The normalized spacial score (nSPS) is 11.0. The van der Waals surface area contributed by atoms with E-state index in [0.29, 0.717) is 12.8 Å². The fraction of sp³-hybridized carbons (Fsp3) is 0.867. The van der Waals surface area contributed by atoms with E-state index in [1.807, 2.05) is 0 Å². The van der Waals surface area contributed by atoms with Gasteiger partial charge in [0.15, 0.2) is 0 Å². The molecule has 0 aromatic heterocycles. The summed E-state index contributed by atoms with van der Waals surface area (Å²) < 4.78 is 0. The predicted molar refractivity (Wildman–Crippen MR) is 154 cm³/mol. The average Bonchev–Trinajstić information content (AvgIpc) is 2.91. The number of carboxylic acids is 2. The van der Waals surface area contributed by atoms with E-state index in [-0.39, 0.29) is 0 Å². The summed E-state index contributed by atoms with van der Waals surface area (Å²) in [5.41, 5.74) is -1.11. The van der Waals surface area contributed by atoms with Crippen LogP contribution in [0.25, 0.3) is 0 Å². The molecule has 0 spiro atoms. The lowest BCUT2D eigenvalue weighted by molar-refractivity contribution is -0.138. The molecule has 0 rings (SSSR count). The highest BCUT2D eigenvalue weighted by Gasteiger charge is 2.26. The van der Waals surface area contributed by atoms with Crippen LogP contribution in [-0.4, -0.2) is 69.0 Å². The summed E-state index contributed by atoms with van der Waals surface area (Å²) in [6, 6.07) is 0. The van der Waals surface area contributed by atoms with Crippen LogP contribution in [0.15, 0.2) is 12.2 Å². The molecule has 0 radical (unpaired) electrons. The van der Waals surface area contributed by atoms with Crippen LogP contribution in [0.2, 0.25) is 0 Å². The molecule has 0 bridgehead atoms. The van der Waals surface area contributed by atoms with Gasteiger partial charge in [0.25, 0.3) is 0 Å². The Morgan fingerprint density at radius 1 is 0.500 bits per heavy atom. The smallest absolute Gasteiger partial charge is 0.303 e. The van der Waals surface area contributed by atoms with Gasteiger partial charge in [-0.25, -0.2) is 0 Å². The van der Waals surface area contributed by atoms with Gasteiger partial charge >= 0.3 is 11.9 Å². The number of hydrogen-bond acceptors (Lipinski definition) is 6. The molecule has 0 saturated carbocycles. The highest BCUT2D eigenvalue weighted by Crippen LogP contribution is 2.12. The molecule has 0 aliphatic rings. The molecule has 38 heavy (non-hydrogen) atoms. The van der Waals surface area contributed by atoms with Gasteiger partial charge in [-0.2, -0.15) is 0 Å². The van der Waals surface area contributed by atoms with Gasteiger partial charge < -0.3 is 30.6 Å². The lowest BCUT2D eigenvalue weighted by atomic mass is 9.93. The first kappa shape index (κ1) is 41.0. The molecule has 0 aromatic carbocycles. The number of aliphatic hydroxyl groups excluding tert-OH is 4. The van der Waals surface area contributed by atoms with Crippen LogP contribution in [0.5, 0.6) is 0 Å². The first-order valence-electron chi connectivity index (χ1n) is 14.8. The molecule has 8 heteroatoms.